The first-order chi connectivity index (χ1) is 7.74. The number of rotatable bonds is 7. The van der Waals surface area contributed by atoms with E-state index in [0.29, 0.717) is 0 Å². The van der Waals surface area contributed by atoms with Crippen LogP contribution in [0.3, 0.4) is 0 Å². The molecule has 0 spiro atoms. The first kappa shape index (κ1) is 13.0. The molecule has 0 aliphatic carbocycles. The van der Waals surface area contributed by atoms with Crippen molar-refractivity contribution in [3.05, 3.63) is 29.3 Å². The third kappa shape index (κ3) is 4.67. The number of hydrogen-bond acceptors (Lipinski definition) is 1. The van der Waals surface area contributed by atoms with Crippen molar-refractivity contribution in [2.24, 2.45) is 0 Å². The van der Waals surface area contributed by atoms with Crippen molar-refractivity contribution in [3.8, 4) is 5.75 Å². The molecule has 0 aromatic heterocycles. The van der Waals surface area contributed by atoms with Gasteiger partial charge in [-0.2, -0.15) is 0 Å². The fourth-order valence-corrected chi connectivity index (χ4v) is 1.61. The van der Waals surface area contributed by atoms with Crippen LogP contribution < -0.4 is 10.1 Å². The first-order valence-electron chi connectivity index (χ1n) is 6.25. The summed E-state index contributed by atoms with van der Waals surface area (Å²) < 4.78 is 5.77. The van der Waals surface area contributed by atoms with Gasteiger partial charge in [-0.25, -0.2) is 0 Å². The Hall–Kier alpha value is -1.02. The molecule has 0 radical (unpaired) electrons. The lowest BCUT2D eigenvalue weighted by Gasteiger charge is -2.09. The second kappa shape index (κ2) is 7.29. The van der Waals surface area contributed by atoms with Crippen molar-refractivity contribution in [3.63, 3.8) is 0 Å². The predicted molar refractivity (Wildman–Crippen MR) is 68.0 cm³/mol. The minimum Gasteiger partial charge on any atom is -0.487 e. The van der Waals surface area contributed by atoms with Crippen LogP contribution in [0.15, 0.2) is 18.2 Å². The van der Waals surface area contributed by atoms with Crippen molar-refractivity contribution in [1.82, 2.24) is 0 Å². The molecule has 0 aliphatic heterocycles. The van der Waals surface area contributed by atoms with E-state index in [1.54, 1.807) is 0 Å². The zero-order valence-electron chi connectivity index (χ0n) is 10.8. The Labute approximate surface area is 99.0 Å². The summed E-state index contributed by atoms with van der Waals surface area (Å²) in [7, 11) is 0. The van der Waals surface area contributed by atoms with Gasteiger partial charge < -0.3 is 10.1 Å². The van der Waals surface area contributed by atoms with Crippen molar-refractivity contribution >= 4 is 0 Å². The summed E-state index contributed by atoms with van der Waals surface area (Å²) in [4.78, 5) is 0. The number of unbranched alkanes of at least 4 members (excludes halogenated alkanes) is 1. The molecule has 0 saturated heterocycles. The van der Waals surface area contributed by atoms with Gasteiger partial charge in [-0.05, 0) is 37.5 Å². The number of hydrogen-bond donors (Lipinski definition) is 1. The maximum absolute atomic E-state index is 5.77. The molecule has 0 saturated carbocycles. The summed E-state index contributed by atoms with van der Waals surface area (Å²) in [6, 6.07) is 6.35. The van der Waals surface area contributed by atoms with Crippen molar-refractivity contribution in [2.45, 2.75) is 33.6 Å². The Morgan fingerprint density at radius 1 is 1.19 bits per heavy atom. The second-order valence-electron chi connectivity index (χ2n) is 4.34. The fraction of sp³-hybridized carbons (Fsp3) is 0.571. The molecule has 1 rings (SSSR count). The Kier molecular flexibility index (Phi) is 5.94. The van der Waals surface area contributed by atoms with Gasteiger partial charge in [0.2, 0.25) is 0 Å². The molecule has 0 heterocycles. The van der Waals surface area contributed by atoms with Crippen LogP contribution >= 0.6 is 0 Å². The quantitative estimate of drug-likeness (QED) is 0.702. The van der Waals surface area contributed by atoms with E-state index < -0.39 is 0 Å². The molecule has 0 fully saturated rings. The lowest BCUT2D eigenvalue weighted by molar-refractivity contribution is -0.655. The van der Waals surface area contributed by atoms with Gasteiger partial charge in [0.15, 0.2) is 0 Å². The zero-order chi connectivity index (χ0) is 11.8. The lowest BCUT2D eigenvalue weighted by Crippen LogP contribution is -2.85. The average molecular weight is 222 g/mol. The molecule has 2 N–H and O–H groups in total. The fourth-order valence-electron chi connectivity index (χ4n) is 1.61. The van der Waals surface area contributed by atoms with Crippen molar-refractivity contribution < 1.29 is 10.1 Å². The number of benzene rings is 1. The third-order valence-corrected chi connectivity index (χ3v) is 2.68. The van der Waals surface area contributed by atoms with Gasteiger partial charge in [0, 0.05) is 0 Å². The summed E-state index contributed by atoms with van der Waals surface area (Å²) in [6.45, 7) is 9.48. The number of aryl methyl sites for hydroxylation is 2. The van der Waals surface area contributed by atoms with Gasteiger partial charge in [-0.3, -0.25) is 0 Å². The lowest BCUT2D eigenvalue weighted by atomic mass is 10.1. The Balaban J connectivity index is 2.23. The summed E-state index contributed by atoms with van der Waals surface area (Å²) in [6.07, 6.45) is 2.57. The zero-order valence-corrected chi connectivity index (χ0v) is 10.8. The Bertz CT molecular complexity index is 310. The van der Waals surface area contributed by atoms with Gasteiger partial charge in [-0.15, -0.1) is 0 Å². The molecule has 0 aliphatic rings. The van der Waals surface area contributed by atoms with Crippen LogP contribution in [-0.4, -0.2) is 19.7 Å². The molecule has 1 aromatic carbocycles. The van der Waals surface area contributed by atoms with Crippen LogP contribution in [0.25, 0.3) is 0 Å². The van der Waals surface area contributed by atoms with E-state index in [9.17, 15) is 0 Å². The van der Waals surface area contributed by atoms with E-state index in [1.807, 2.05) is 0 Å². The van der Waals surface area contributed by atoms with E-state index in [0.717, 1.165) is 18.9 Å². The van der Waals surface area contributed by atoms with E-state index in [-0.39, 0.29) is 0 Å². The van der Waals surface area contributed by atoms with Crippen molar-refractivity contribution in [1.29, 1.82) is 0 Å². The summed E-state index contributed by atoms with van der Waals surface area (Å²) in [5, 5.41) is 2.33. The smallest absolute Gasteiger partial charge is 0.137 e. The Morgan fingerprint density at radius 3 is 2.75 bits per heavy atom. The van der Waals surface area contributed by atoms with Crippen molar-refractivity contribution in [2.75, 3.05) is 19.7 Å². The van der Waals surface area contributed by atoms with Crippen LogP contribution in [0.5, 0.6) is 5.75 Å². The van der Waals surface area contributed by atoms with Crippen LogP contribution in [0.4, 0.5) is 0 Å². The van der Waals surface area contributed by atoms with E-state index in [2.05, 4.69) is 44.3 Å². The maximum Gasteiger partial charge on any atom is 0.137 e. The van der Waals surface area contributed by atoms with Gasteiger partial charge in [-0.1, -0.05) is 25.5 Å². The van der Waals surface area contributed by atoms with Crippen LogP contribution in [0.1, 0.15) is 30.9 Å². The van der Waals surface area contributed by atoms with E-state index >= 15 is 0 Å². The normalized spacial score (nSPS) is 10.4. The molecule has 2 nitrogen and oxygen atoms in total. The topological polar surface area (TPSA) is 25.8 Å². The molecular weight excluding hydrogens is 198 g/mol. The van der Waals surface area contributed by atoms with Gasteiger partial charge in [0.05, 0.1) is 6.54 Å². The molecule has 2 heteroatoms. The summed E-state index contributed by atoms with van der Waals surface area (Å²) in [5.74, 6) is 1.03. The summed E-state index contributed by atoms with van der Waals surface area (Å²) in [5.41, 5.74) is 2.48. The van der Waals surface area contributed by atoms with Gasteiger partial charge in [0.1, 0.15) is 18.9 Å². The van der Waals surface area contributed by atoms with Crippen LogP contribution in [0.2, 0.25) is 0 Å². The standard InChI is InChI=1S/C14H23NO/c1-4-5-8-15-9-10-16-14-11-12(2)6-7-13(14)3/h6-7,11,15H,4-5,8-10H2,1-3H3/p+1. The SMILES string of the molecule is CCCC[NH2+]CCOc1cc(C)ccc1C. The van der Waals surface area contributed by atoms with E-state index in [1.165, 1.54) is 30.5 Å². The summed E-state index contributed by atoms with van der Waals surface area (Å²) >= 11 is 0. The highest BCUT2D eigenvalue weighted by atomic mass is 16.5. The monoisotopic (exact) mass is 222 g/mol. The molecule has 0 atom stereocenters. The highest BCUT2D eigenvalue weighted by Gasteiger charge is 1.99. The number of quaternary nitrogens is 1. The number of nitrogens with two attached hydrogens (primary N) is 1. The predicted octanol–water partition coefficient (Wildman–Crippen LogP) is 2.05. The second-order valence-corrected chi connectivity index (χ2v) is 4.34. The molecule has 1 aromatic rings. The molecule has 16 heavy (non-hydrogen) atoms. The maximum atomic E-state index is 5.77. The molecule has 0 amide bonds. The minimum absolute atomic E-state index is 0.800. The first-order valence-corrected chi connectivity index (χ1v) is 6.25. The molecule has 0 bridgehead atoms. The number of ether oxygens (including phenoxy) is 1. The van der Waals surface area contributed by atoms with Crippen LogP contribution in [-0.2, 0) is 0 Å². The molecular formula is C14H24NO+. The van der Waals surface area contributed by atoms with Crippen LogP contribution in [0, 0.1) is 13.8 Å². The minimum atomic E-state index is 0.800. The molecule has 90 valence electrons. The highest BCUT2D eigenvalue weighted by Crippen LogP contribution is 2.18. The van der Waals surface area contributed by atoms with Gasteiger partial charge in [0.25, 0.3) is 0 Å². The average Bonchev–Trinajstić information content (AvgIpc) is 2.28. The van der Waals surface area contributed by atoms with E-state index in [4.69, 9.17) is 4.74 Å². The Morgan fingerprint density at radius 2 is 2.00 bits per heavy atom. The third-order valence-electron chi connectivity index (χ3n) is 2.68. The van der Waals surface area contributed by atoms with Gasteiger partial charge >= 0.3 is 0 Å². The highest BCUT2D eigenvalue weighted by molar-refractivity contribution is 5.35. The largest absolute Gasteiger partial charge is 0.487 e. The molecule has 0 unspecified atom stereocenters.